The van der Waals surface area contributed by atoms with Crippen LogP contribution in [0.5, 0.6) is 0 Å². The Morgan fingerprint density at radius 2 is 1.21 bits per heavy atom. The van der Waals surface area contributed by atoms with Crippen LogP contribution in [-0.4, -0.2) is 4.57 Å². The Balaban J connectivity index is 1.35. The summed E-state index contributed by atoms with van der Waals surface area (Å²) < 4.78 is 8.82. The molecular weight excluding hydrogens is 476 g/mol. The fourth-order valence-electron chi connectivity index (χ4n) is 6.45. The lowest BCUT2D eigenvalue weighted by atomic mass is 10.00. The molecule has 1 aliphatic heterocycles. The largest absolute Gasteiger partial charge is 0.455 e. The first-order valence-electron chi connectivity index (χ1n) is 13.3. The van der Waals surface area contributed by atoms with Gasteiger partial charge in [-0.15, -0.1) is 0 Å². The second kappa shape index (κ2) is 7.62. The highest BCUT2D eigenvalue weighted by atomic mass is 16.3. The second-order valence-electron chi connectivity index (χ2n) is 10.2. The van der Waals surface area contributed by atoms with Crippen LogP contribution in [0.4, 0.5) is 17.1 Å². The highest BCUT2D eigenvalue weighted by Crippen LogP contribution is 2.50. The molecule has 3 nitrogen and oxygen atoms in total. The summed E-state index contributed by atoms with van der Waals surface area (Å²) in [7, 11) is 0. The molecule has 39 heavy (non-hydrogen) atoms. The molecule has 6 aromatic carbocycles. The molecule has 0 N–H and O–H groups in total. The first-order chi connectivity index (χ1) is 19.4. The molecule has 0 unspecified atom stereocenters. The number of rotatable bonds is 2. The quantitative estimate of drug-likeness (QED) is 0.236. The molecule has 9 rings (SSSR count). The third-order valence-electron chi connectivity index (χ3n) is 8.10. The fraction of sp³-hybridized carbons (Fsp3) is 0. The van der Waals surface area contributed by atoms with Crippen molar-refractivity contribution in [3.63, 3.8) is 0 Å². The van der Waals surface area contributed by atoms with Crippen molar-refractivity contribution in [1.29, 1.82) is 0 Å². The van der Waals surface area contributed by atoms with Crippen molar-refractivity contribution in [3.05, 3.63) is 133 Å². The van der Waals surface area contributed by atoms with E-state index in [4.69, 9.17) is 4.42 Å². The van der Waals surface area contributed by atoms with E-state index in [1.807, 2.05) is 12.1 Å². The topological polar surface area (TPSA) is 21.3 Å². The van der Waals surface area contributed by atoms with E-state index in [2.05, 4.69) is 131 Å². The molecule has 8 aromatic rings. The minimum Gasteiger partial charge on any atom is -0.455 e. The summed E-state index contributed by atoms with van der Waals surface area (Å²) in [4.78, 5) is 2.38. The Hall–Kier alpha value is -5.28. The molecular formula is C36H22N2O. The lowest BCUT2D eigenvalue weighted by Gasteiger charge is -2.33. The number of anilines is 3. The average molecular weight is 499 g/mol. The first kappa shape index (κ1) is 20.7. The third kappa shape index (κ3) is 2.76. The predicted octanol–water partition coefficient (Wildman–Crippen LogP) is 10.1. The van der Waals surface area contributed by atoms with E-state index >= 15 is 0 Å². The molecule has 3 heterocycles. The van der Waals surface area contributed by atoms with Crippen molar-refractivity contribution in [3.8, 4) is 16.8 Å². The van der Waals surface area contributed by atoms with Gasteiger partial charge in [-0.1, -0.05) is 84.9 Å². The van der Waals surface area contributed by atoms with Crippen molar-refractivity contribution in [1.82, 2.24) is 4.57 Å². The summed E-state index contributed by atoms with van der Waals surface area (Å²) in [6, 6.07) is 47.6. The van der Waals surface area contributed by atoms with Gasteiger partial charge in [-0.2, -0.15) is 0 Å². The maximum absolute atomic E-state index is 6.39. The maximum atomic E-state index is 6.39. The third-order valence-corrected chi connectivity index (χ3v) is 8.10. The van der Waals surface area contributed by atoms with Gasteiger partial charge in [0.1, 0.15) is 11.2 Å². The molecule has 0 bridgehead atoms. The standard InChI is InChI=1S/C36H22N2O/c1-2-10-24(11-3-1)37-31-16-5-6-17-32(31)38-30-21-20-23(22-29(30)27-14-9-18-33(37)35(27)38)25-13-8-15-28-26-12-4-7-19-34(26)39-36(25)28/h1-22H. The van der Waals surface area contributed by atoms with Crippen molar-refractivity contribution in [2.45, 2.75) is 0 Å². The lowest BCUT2D eigenvalue weighted by Crippen LogP contribution is -2.17. The van der Waals surface area contributed by atoms with Crippen molar-refractivity contribution in [2.24, 2.45) is 0 Å². The van der Waals surface area contributed by atoms with Crippen molar-refractivity contribution < 1.29 is 4.42 Å². The molecule has 0 atom stereocenters. The Labute approximate surface area is 224 Å². The number of benzene rings is 6. The van der Waals surface area contributed by atoms with Gasteiger partial charge in [-0.25, -0.2) is 0 Å². The Morgan fingerprint density at radius 3 is 2.13 bits per heavy atom. The summed E-state index contributed by atoms with van der Waals surface area (Å²) in [5, 5.41) is 4.79. The van der Waals surface area contributed by atoms with E-state index < -0.39 is 0 Å². The van der Waals surface area contributed by atoms with Crippen molar-refractivity contribution in [2.75, 3.05) is 4.90 Å². The zero-order chi connectivity index (χ0) is 25.5. The summed E-state index contributed by atoms with van der Waals surface area (Å²) in [5.41, 5.74) is 11.3. The molecule has 182 valence electrons. The average Bonchev–Trinajstić information content (AvgIpc) is 3.55. The van der Waals surface area contributed by atoms with E-state index in [1.54, 1.807) is 0 Å². The summed E-state index contributed by atoms with van der Waals surface area (Å²) in [5.74, 6) is 0. The molecule has 0 aliphatic carbocycles. The van der Waals surface area contributed by atoms with Gasteiger partial charge >= 0.3 is 0 Å². The Morgan fingerprint density at radius 1 is 0.487 bits per heavy atom. The van der Waals surface area contributed by atoms with E-state index in [9.17, 15) is 0 Å². The van der Waals surface area contributed by atoms with Gasteiger partial charge in [0.05, 0.1) is 28.1 Å². The number of fused-ring (bicyclic) bond motifs is 8. The molecule has 2 aromatic heterocycles. The van der Waals surface area contributed by atoms with Crippen LogP contribution in [0.3, 0.4) is 0 Å². The zero-order valence-corrected chi connectivity index (χ0v) is 21.0. The number of nitrogens with zero attached hydrogens (tertiary/aromatic N) is 2. The van der Waals surface area contributed by atoms with E-state index in [-0.39, 0.29) is 0 Å². The smallest absolute Gasteiger partial charge is 0.143 e. The number of para-hydroxylation sites is 6. The Kier molecular flexibility index (Phi) is 4.05. The second-order valence-corrected chi connectivity index (χ2v) is 10.2. The van der Waals surface area contributed by atoms with Gasteiger partial charge in [0, 0.05) is 32.8 Å². The van der Waals surface area contributed by atoms with Gasteiger partial charge in [0.15, 0.2) is 0 Å². The van der Waals surface area contributed by atoms with Gasteiger partial charge in [-0.3, -0.25) is 0 Å². The monoisotopic (exact) mass is 498 g/mol. The zero-order valence-electron chi connectivity index (χ0n) is 21.0. The molecule has 0 saturated heterocycles. The molecule has 1 aliphatic rings. The molecule has 0 spiro atoms. The van der Waals surface area contributed by atoms with E-state index in [0.717, 1.165) is 38.8 Å². The van der Waals surface area contributed by atoms with E-state index in [1.165, 1.54) is 38.9 Å². The molecule has 0 fully saturated rings. The Bertz CT molecular complexity index is 2240. The summed E-state index contributed by atoms with van der Waals surface area (Å²) in [6.45, 7) is 0. The van der Waals surface area contributed by atoms with Gasteiger partial charge in [0.25, 0.3) is 0 Å². The minimum absolute atomic E-state index is 0.922. The molecule has 0 radical (unpaired) electrons. The number of aromatic nitrogens is 1. The van der Waals surface area contributed by atoms with Crippen LogP contribution in [0.2, 0.25) is 0 Å². The first-order valence-corrected chi connectivity index (χ1v) is 13.3. The van der Waals surface area contributed by atoms with Crippen LogP contribution < -0.4 is 4.90 Å². The van der Waals surface area contributed by atoms with Gasteiger partial charge in [-0.05, 0) is 54.1 Å². The summed E-state index contributed by atoms with van der Waals surface area (Å²) >= 11 is 0. The van der Waals surface area contributed by atoms with Crippen molar-refractivity contribution >= 4 is 60.8 Å². The minimum atomic E-state index is 0.922. The van der Waals surface area contributed by atoms with Crippen LogP contribution in [0.15, 0.2) is 138 Å². The summed E-state index contributed by atoms with van der Waals surface area (Å²) in [6.07, 6.45) is 0. The fourth-order valence-corrected chi connectivity index (χ4v) is 6.45. The normalized spacial score (nSPS) is 12.6. The molecule has 0 saturated carbocycles. The van der Waals surface area contributed by atoms with Gasteiger partial charge in [0.2, 0.25) is 0 Å². The highest BCUT2D eigenvalue weighted by molar-refractivity contribution is 6.18. The van der Waals surface area contributed by atoms with Crippen LogP contribution in [-0.2, 0) is 0 Å². The number of furan rings is 1. The maximum Gasteiger partial charge on any atom is 0.143 e. The van der Waals surface area contributed by atoms with Crippen LogP contribution in [0.25, 0.3) is 60.6 Å². The highest BCUT2D eigenvalue weighted by Gasteiger charge is 2.28. The van der Waals surface area contributed by atoms with Crippen LogP contribution >= 0.6 is 0 Å². The number of hydrogen-bond acceptors (Lipinski definition) is 2. The van der Waals surface area contributed by atoms with Crippen LogP contribution in [0, 0.1) is 0 Å². The lowest BCUT2D eigenvalue weighted by molar-refractivity contribution is 0.670. The molecule has 3 heteroatoms. The SMILES string of the molecule is c1ccc(N2c3ccccc3-n3c4ccc(-c5cccc6c5oc5ccccc56)cc4c4cccc2c43)cc1. The van der Waals surface area contributed by atoms with Crippen LogP contribution in [0.1, 0.15) is 0 Å². The molecule has 0 amide bonds. The predicted molar refractivity (Wildman–Crippen MR) is 162 cm³/mol. The van der Waals surface area contributed by atoms with E-state index in [0.29, 0.717) is 0 Å². The van der Waals surface area contributed by atoms with Gasteiger partial charge < -0.3 is 13.9 Å². The number of hydrogen-bond donors (Lipinski definition) is 0.